The number of hydrogen-bond acceptors (Lipinski definition) is 5. The lowest BCUT2D eigenvalue weighted by molar-refractivity contribution is -0.122. The zero-order valence-electron chi connectivity index (χ0n) is 17.2. The normalized spacial score (nSPS) is 15.4. The molecular formula is C23H20N4O3S. The third kappa shape index (κ3) is 3.97. The lowest BCUT2D eigenvalue weighted by Crippen LogP contribution is -2.54. The minimum absolute atomic E-state index is 0.00240. The Morgan fingerprint density at radius 2 is 1.65 bits per heavy atom. The summed E-state index contributed by atoms with van der Waals surface area (Å²) in [5.74, 6) is 0.303. The van der Waals surface area contributed by atoms with Crippen LogP contribution < -0.4 is 15.0 Å². The van der Waals surface area contributed by atoms with Crippen LogP contribution in [0.4, 0.5) is 5.69 Å². The topological polar surface area (TPSA) is 76.5 Å². The Bertz CT molecular complexity index is 1210. The number of para-hydroxylation sites is 1. The van der Waals surface area contributed by atoms with Crippen LogP contribution in [0.2, 0.25) is 0 Å². The van der Waals surface area contributed by atoms with Gasteiger partial charge in [0.25, 0.3) is 11.8 Å². The maximum absolute atomic E-state index is 13.2. The Kier molecular flexibility index (Phi) is 5.39. The van der Waals surface area contributed by atoms with Gasteiger partial charge in [-0.05, 0) is 68.5 Å². The number of nitrogens with zero attached hydrogens (tertiary/aromatic N) is 3. The van der Waals surface area contributed by atoms with Crippen molar-refractivity contribution in [1.29, 1.82) is 0 Å². The highest BCUT2D eigenvalue weighted by molar-refractivity contribution is 7.80. The van der Waals surface area contributed by atoms with E-state index in [0.717, 1.165) is 17.0 Å². The summed E-state index contributed by atoms with van der Waals surface area (Å²) < 4.78 is 7.50. The first kappa shape index (κ1) is 20.5. The van der Waals surface area contributed by atoms with Crippen LogP contribution in [0.5, 0.6) is 11.5 Å². The summed E-state index contributed by atoms with van der Waals surface area (Å²) in [6.45, 7) is 3.71. The third-order valence-corrected chi connectivity index (χ3v) is 5.31. The minimum Gasteiger partial charge on any atom is -0.457 e. The maximum Gasteiger partial charge on any atom is 0.270 e. The molecule has 1 aromatic heterocycles. The SMILES string of the molecule is Cc1nn(C)c(C)c1C=C1C(=O)NC(=S)N(c2ccc(Oc3ccccc3)cc2)C1=O. The van der Waals surface area contributed by atoms with E-state index in [1.165, 1.54) is 4.90 Å². The van der Waals surface area contributed by atoms with Gasteiger partial charge >= 0.3 is 0 Å². The van der Waals surface area contributed by atoms with E-state index in [-0.39, 0.29) is 10.7 Å². The van der Waals surface area contributed by atoms with E-state index in [1.54, 1.807) is 35.0 Å². The molecule has 4 rings (SSSR count). The molecule has 7 nitrogen and oxygen atoms in total. The zero-order valence-corrected chi connectivity index (χ0v) is 18.1. The molecule has 2 aromatic carbocycles. The molecule has 0 unspecified atom stereocenters. The second-order valence-corrected chi connectivity index (χ2v) is 7.46. The van der Waals surface area contributed by atoms with E-state index >= 15 is 0 Å². The van der Waals surface area contributed by atoms with Crippen LogP contribution in [0.3, 0.4) is 0 Å². The molecule has 0 spiro atoms. The van der Waals surface area contributed by atoms with Gasteiger partial charge in [0.2, 0.25) is 0 Å². The average molecular weight is 433 g/mol. The fourth-order valence-corrected chi connectivity index (χ4v) is 3.60. The number of carbonyl (C=O) groups is 2. The standard InChI is InChI=1S/C23H20N4O3S/c1-14-19(15(2)26(3)25-14)13-20-21(28)24-23(31)27(22(20)29)16-9-11-18(12-10-16)30-17-7-5-4-6-8-17/h4-13H,1-3H3,(H,24,28,31). The van der Waals surface area contributed by atoms with Crippen LogP contribution in [-0.4, -0.2) is 26.7 Å². The number of hydrogen-bond donors (Lipinski definition) is 1. The van der Waals surface area contributed by atoms with E-state index in [9.17, 15) is 9.59 Å². The van der Waals surface area contributed by atoms with Crippen LogP contribution in [0.15, 0.2) is 60.2 Å². The van der Waals surface area contributed by atoms with E-state index in [1.807, 2.05) is 51.2 Å². The van der Waals surface area contributed by atoms with Gasteiger partial charge in [-0.15, -0.1) is 0 Å². The highest BCUT2D eigenvalue weighted by Gasteiger charge is 2.34. The summed E-state index contributed by atoms with van der Waals surface area (Å²) in [5.41, 5.74) is 2.85. The van der Waals surface area contributed by atoms with Gasteiger partial charge in [0, 0.05) is 18.3 Å². The lowest BCUT2D eigenvalue weighted by atomic mass is 10.1. The van der Waals surface area contributed by atoms with Crippen molar-refractivity contribution in [2.75, 3.05) is 4.90 Å². The Labute approximate surface area is 184 Å². The van der Waals surface area contributed by atoms with Crippen molar-refractivity contribution < 1.29 is 14.3 Å². The second kappa shape index (κ2) is 8.16. The monoisotopic (exact) mass is 432 g/mol. The number of carbonyl (C=O) groups excluding carboxylic acids is 2. The zero-order chi connectivity index (χ0) is 22.1. The largest absolute Gasteiger partial charge is 0.457 e. The summed E-state index contributed by atoms with van der Waals surface area (Å²) in [7, 11) is 1.81. The van der Waals surface area contributed by atoms with Crippen molar-refractivity contribution in [1.82, 2.24) is 15.1 Å². The summed E-state index contributed by atoms with van der Waals surface area (Å²) in [6.07, 6.45) is 1.57. The predicted octanol–water partition coefficient (Wildman–Crippen LogP) is 3.66. The summed E-state index contributed by atoms with van der Waals surface area (Å²) in [4.78, 5) is 27.0. The molecule has 1 saturated heterocycles. The molecule has 1 N–H and O–H groups in total. The van der Waals surface area contributed by atoms with Crippen molar-refractivity contribution in [2.45, 2.75) is 13.8 Å². The van der Waals surface area contributed by atoms with Gasteiger partial charge in [-0.1, -0.05) is 18.2 Å². The molecule has 0 radical (unpaired) electrons. The number of amides is 2. The first-order valence-corrected chi connectivity index (χ1v) is 10.0. The van der Waals surface area contributed by atoms with Crippen LogP contribution in [0, 0.1) is 13.8 Å². The number of benzene rings is 2. The number of ether oxygens (including phenoxy) is 1. The van der Waals surface area contributed by atoms with Crippen LogP contribution in [-0.2, 0) is 16.6 Å². The highest BCUT2D eigenvalue weighted by Crippen LogP contribution is 2.27. The quantitative estimate of drug-likeness (QED) is 0.387. The molecule has 0 bridgehead atoms. The van der Waals surface area contributed by atoms with Gasteiger partial charge in [0.1, 0.15) is 17.1 Å². The van der Waals surface area contributed by atoms with Gasteiger partial charge in [-0.25, -0.2) is 0 Å². The number of aryl methyl sites for hydroxylation is 2. The van der Waals surface area contributed by atoms with Crippen molar-refractivity contribution in [3.05, 3.63) is 77.1 Å². The van der Waals surface area contributed by atoms with Crippen molar-refractivity contribution in [3.8, 4) is 11.5 Å². The van der Waals surface area contributed by atoms with Gasteiger partial charge in [0.05, 0.1) is 11.4 Å². The van der Waals surface area contributed by atoms with E-state index in [2.05, 4.69) is 10.4 Å². The smallest absolute Gasteiger partial charge is 0.270 e. The number of anilines is 1. The summed E-state index contributed by atoms with van der Waals surface area (Å²) >= 11 is 5.27. The molecule has 2 heterocycles. The average Bonchev–Trinajstić information content (AvgIpc) is 2.98. The number of nitrogens with one attached hydrogen (secondary N) is 1. The Morgan fingerprint density at radius 1 is 1.00 bits per heavy atom. The maximum atomic E-state index is 13.2. The van der Waals surface area contributed by atoms with Crippen molar-refractivity contribution in [2.24, 2.45) is 7.05 Å². The van der Waals surface area contributed by atoms with Crippen LogP contribution in [0.25, 0.3) is 6.08 Å². The number of aromatic nitrogens is 2. The predicted molar refractivity (Wildman–Crippen MR) is 122 cm³/mol. The van der Waals surface area contributed by atoms with Crippen molar-refractivity contribution >= 4 is 40.9 Å². The minimum atomic E-state index is -0.530. The number of rotatable bonds is 4. The highest BCUT2D eigenvalue weighted by atomic mass is 32.1. The number of thiocarbonyl (C=S) groups is 1. The Morgan fingerprint density at radius 3 is 2.26 bits per heavy atom. The first-order valence-electron chi connectivity index (χ1n) is 9.60. The molecule has 1 fully saturated rings. The van der Waals surface area contributed by atoms with E-state index in [0.29, 0.717) is 17.2 Å². The summed E-state index contributed by atoms with van der Waals surface area (Å²) in [5, 5.41) is 6.97. The molecule has 1 aliphatic rings. The Balaban J connectivity index is 1.63. The molecule has 0 aliphatic carbocycles. The molecule has 2 amide bonds. The second-order valence-electron chi connectivity index (χ2n) is 7.07. The lowest BCUT2D eigenvalue weighted by Gasteiger charge is -2.29. The molecule has 31 heavy (non-hydrogen) atoms. The molecule has 0 atom stereocenters. The van der Waals surface area contributed by atoms with Gasteiger partial charge < -0.3 is 4.74 Å². The van der Waals surface area contributed by atoms with E-state index in [4.69, 9.17) is 17.0 Å². The fourth-order valence-electron chi connectivity index (χ4n) is 3.32. The fraction of sp³-hybridized carbons (Fsp3) is 0.130. The Hall–Kier alpha value is -3.78. The molecule has 0 saturated carbocycles. The third-order valence-electron chi connectivity index (χ3n) is 5.03. The molecule has 8 heteroatoms. The molecular weight excluding hydrogens is 412 g/mol. The molecule has 1 aliphatic heterocycles. The first-order chi connectivity index (χ1) is 14.8. The van der Waals surface area contributed by atoms with Crippen LogP contribution >= 0.6 is 12.2 Å². The van der Waals surface area contributed by atoms with Crippen molar-refractivity contribution in [3.63, 3.8) is 0 Å². The molecule has 156 valence electrons. The summed E-state index contributed by atoms with van der Waals surface area (Å²) in [6, 6.07) is 16.3. The van der Waals surface area contributed by atoms with Gasteiger partial charge in [-0.3, -0.25) is 24.5 Å². The van der Waals surface area contributed by atoms with E-state index < -0.39 is 11.8 Å². The van der Waals surface area contributed by atoms with Gasteiger partial charge in [-0.2, -0.15) is 5.10 Å². The molecule has 3 aromatic rings. The van der Waals surface area contributed by atoms with Crippen LogP contribution in [0.1, 0.15) is 17.0 Å². The van der Waals surface area contributed by atoms with Gasteiger partial charge in [0.15, 0.2) is 5.11 Å².